The predicted molar refractivity (Wildman–Crippen MR) is 120 cm³/mol. The van der Waals surface area contributed by atoms with Gasteiger partial charge in [0.15, 0.2) is 6.04 Å². The Hall–Kier alpha value is -3.51. The average Bonchev–Trinajstić information content (AvgIpc) is 3.26. The molecule has 0 aromatic heterocycles. The zero-order valence-corrected chi connectivity index (χ0v) is 18.8. The van der Waals surface area contributed by atoms with Crippen LogP contribution in [0, 0.1) is 0 Å². The monoisotopic (exact) mass is 477 g/mol. The fourth-order valence-electron chi connectivity index (χ4n) is 3.79. The molecular formula is C22H31N5O7. The molecule has 8 N–H and O–H groups in total. The van der Waals surface area contributed by atoms with Gasteiger partial charge in [0.2, 0.25) is 23.6 Å². The number of aliphatic hydroxyl groups excluding tert-OH is 1. The number of aliphatic hydroxyl groups is 1. The van der Waals surface area contributed by atoms with Gasteiger partial charge >= 0.3 is 5.97 Å². The van der Waals surface area contributed by atoms with Crippen molar-refractivity contribution in [2.24, 2.45) is 11.5 Å². The highest BCUT2D eigenvalue weighted by Crippen LogP contribution is 2.19. The molecule has 34 heavy (non-hydrogen) atoms. The Kier molecular flexibility index (Phi) is 9.51. The minimum absolute atomic E-state index is 0.285. The summed E-state index contributed by atoms with van der Waals surface area (Å²) in [5, 5.41) is 23.2. The smallest absolute Gasteiger partial charge is 0.328 e. The number of aliphatic carboxylic acids is 1. The Bertz CT molecular complexity index is 908. The summed E-state index contributed by atoms with van der Waals surface area (Å²) in [7, 11) is 0. The third kappa shape index (κ3) is 7.25. The van der Waals surface area contributed by atoms with Gasteiger partial charge in [0.1, 0.15) is 12.1 Å². The van der Waals surface area contributed by atoms with E-state index in [1.54, 1.807) is 0 Å². The highest BCUT2D eigenvalue weighted by Gasteiger charge is 2.38. The number of carbonyl (C=O) groups is 5. The lowest BCUT2D eigenvalue weighted by molar-refractivity contribution is -0.145. The van der Waals surface area contributed by atoms with E-state index in [-0.39, 0.29) is 6.42 Å². The van der Waals surface area contributed by atoms with Crippen molar-refractivity contribution in [2.45, 2.75) is 62.9 Å². The SMILES string of the molecule is CC(O)C(NC(=O)C(CC(N)=O)NC(=O)C1CCCN1C(=O)C(N)Cc1ccccc1)C(=O)O. The molecule has 2 rings (SSSR count). The maximum absolute atomic E-state index is 12.9. The van der Waals surface area contributed by atoms with Gasteiger partial charge < -0.3 is 37.2 Å². The van der Waals surface area contributed by atoms with Crippen LogP contribution in [0.2, 0.25) is 0 Å². The van der Waals surface area contributed by atoms with Crippen molar-refractivity contribution in [3.05, 3.63) is 35.9 Å². The van der Waals surface area contributed by atoms with Gasteiger partial charge in [0.25, 0.3) is 0 Å². The Balaban J connectivity index is 2.09. The van der Waals surface area contributed by atoms with Crippen LogP contribution in [-0.2, 0) is 30.4 Å². The van der Waals surface area contributed by atoms with Crippen molar-refractivity contribution >= 4 is 29.6 Å². The van der Waals surface area contributed by atoms with E-state index < -0.39 is 66.3 Å². The summed E-state index contributed by atoms with van der Waals surface area (Å²) in [6.07, 6.45) is -0.880. The second kappa shape index (κ2) is 12.1. The standard InChI is InChI=1S/C22H31N5O7/c1-12(28)18(22(33)34)26-19(30)15(11-17(24)29)25-20(31)16-8-5-9-27(16)21(32)14(23)10-13-6-3-2-4-7-13/h2-4,6-7,12,14-16,18,28H,5,8-11,23H2,1H3,(H2,24,29)(H,25,31)(H,26,30)(H,33,34). The highest BCUT2D eigenvalue weighted by atomic mass is 16.4. The summed E-state index contributed by atoms with van der Waals surface area (Å²) in [5.41, 5.74) is 12.1. The first kappa shape index (κ1) is 26.7. The molecule has 5 atom stereocenters. The molecule has 1 fully saturated rings. The van der Waals surface area contributed by atoms with Gasteiger partial charge in [-0.3, -0.25) is 19.2 Å². The van der Waals surface area contributed by atoms with Crippen molar-refractivity contribution in [1.82, 2.24) is 15.5 Å². The molecule has 1 heterocycles. The fraction of sp³-hybridized carbons (Fsp3) is 0.500. The largest absolute Gasteiger partial charge is 0.480 e. The lowest BCUT2D eigenvalue weighted by atomic mass is 10.0. The zero-order chi connectivity index (χ0) is 25.4. The summed E-state index contributed by atoms with van der Waals surface area (Å²) in [6.45, 7) is 1.47. The van der Waals surface area contributed by atoms with E-state index in [2.05, 4.69) is 10.6 Å². The van der Waals surface area contributed by atoms with Gasteiger partial charge in [0.05, 0.1) is 18.6 Å². The third-order valence-electron chi connectivity index (χ3n) is 5.54. The fourth-order valence-corrected chi connectivity index (χ4v) is 3.79. The second-order valence-electron chi connectivity index (χ2n) is 8.28. The first-order valence-corrected chi connectivity index (χ1v) is 10.9. The molecule has 1 saturated heterocycles. The molecule has 5 unspecified atom stereocenters. The molecule has 4 amide bonds. The summed E-state index contributed by atoms with van der Waals surface area (Å²) in [4.78, 5) is 62.5. The van der Waals surface area contributed by atoms with E-state index in [9.17, 15) is 29.1 Å². The molecule has 0 spiro atoms. The van der Waals surface area contributed by atoms with Crippen molar-refractivity contribution < 1.29 is 34.2 Å². The first-order valence-electron chi connectivity index (χ1n) is 10.9. The number of nitrogens with zero attached hydrogens (tertiary/aromatic N) is 1. The Morgan fingerprint density at radius 3 is 2.35 bits per heavy atom. The van der Waals surface area contributed by atoms with Gasteiger partial charge in [-0.25, -0.2) is 4.79 Å². The number of likely N-dealkylation sites (tertiary alicyclic amines) is 1. The van der Waals surface area contributed by atoms with E-state index in [1.807, 2.05) is 30.3 Å². The first-order chi connectivity index (χ1) is 16.0. The van der Waals surface area contributed by atoms with Gasteiger partial charge in [-0.1, -0.05) is 30.3 Å². The molecule has 1 aliphatic rings. The zero-order valence-electron chi connectivity index (χ0n) is 18.8. The Morgan fingerprint density at radius 2 is 1.79 bits per heavy atom. The normalized spacial score (nSPS) is 18.9. The molecule has 0 saturated carbocycles. The molecule has 12 nitrogen and oxygen atoms in total. The van der Waals surface area contributed by atoms with Crippen molar-refractivity contribution in [2.75, 3.05) is 6.54 Å². The highest BCUT2D eigenvalue weighted by molar-refractivity contribution is 5.96. The molecule has 186 valence electrons. The molecule has 0 aliphatic carbocycles. The predicted octanol–water partition coefficient (Wildman–Crippen LogP) is -2.14. The van der Waals surface area contributed by atoms with Crippen LogP contribution in [0.3, 0.4) is 0 Å². The third-order valence-corrected chi connectivity index (χ3v) is 5.54. The molecule has 1 aromatic carbocycles. The van der Waals surface area contributed by atoms with Crippen LogP contribution in [-0.4, -0.2) is 81.5 Å². The molecule has 1 aromatic rings. The lowest BCUT2D eigenvalue weighted by Gasteiger charge is -2.28. The molecule has 0 bridgehead atoms. The van der Waals surface area contributed by atoms with Gasteiger partial charge in [-0.2, -0.15) is 0 Å². The van der Waals surface area contributed by atoms with Crippen LogP contribution < -0.4 is 22.1 Å². The number of benzene rings is 1. The van der Waals surface area contributed by atoms with E-state index in [0.717, 1.165) is 5.56 Å². The number of hydrogen-bond donors (Lipinski definition) is 6. The van der Waals surface area contributed by atoms with E-state index >= 15 is 0 Å². The van der Waals surface area contributed by atoms with E-state index in [0.29, 0.717) is 19.4 Å². The number of primary amides is 1. The van der Waals surface area contributed by atoms with E-state index in [1.165, 1.54) is 11.8 Å². The van der Waals surface area contributed by atoms with Gasteiger partial charge in [0, 0.05) is 6.54 Å². The summed E-state index contributed by atoms with van der Waals surface area (Å²) < 4.78 is 0. The molecular weight excluding hydrogens is 446 g/mol. The number of amides is 4. The van der Waals surface area contributed by atoms with Crippen LogP contribution >= 0.6 is 0 Å². The number of hydrogen-bond acceptors (Lipinski definition) is 7. The molecule has 0 radical (unpaired) electrons. The maximum atomic E-state index is 12.9. The van der Waals surface area contributed by atoms with Gasteiger partial charge in [-0.05, 0) is 31.7 Å². The Labute approximate surface area is 196 Å². The lowest BCUT2D eigenvalue weighted by Crippen LogP contribution is -2.58. The van der Waals surface area contributed by atoms with Crippen molar-refractivity contribution in [3.63, 3.8) is 0 Å². The minimum atomic E-state index is -1.65. The summed E-state index contributed by atoms with van der Waals surface area (Å²) in [5.74, 6) is -4.52. The van der Waals surface area contributed by atoms with E-state index in [4.69, 9.17) is 16.6 Å². The van der Waals surface area contributed by atoms with Crippen molar-refractivity contribution in [1.29, 1.82) is 0 Å². The number of carbonyl (C=O) groups excluding carboxylic acids is 4. The number of rotatable bonds is 11. The topological polar surface area (TPSA) is 205 Å². The van der Waals surface area contributed by atoms with Crippen LogP contribution in [0.4, 0.5) is 0 Å². The average molecular weight is 478 g/mol. The minimum Gasteiger partial charge on any atom is -0.480 e. The summed E-state index contributed by atoms with van der Waals surface area (Å²) >= 11 is 0. The summed E-state index contributed by atoms with van der Waals surface area (Å²) in [6, 6.07) is 4.26. The molecule has 1 aliphatic heterocycles. The van der Waals surface area contributed by atoms with Gasteiger partial charge in [-0.15, -0.1) is 0 Å². The van der Waals surface area contributed by atoms with Crippen LogP contribution in [0.15, 0.2) is 30.3 Å². The van der Waals surface area contributed by atoms with Crippen LogP contribution in [0.5, 0.6) is 0 Å². The number of nitrogens with two attached hydrogens (primary N) is 2. The number of nitrogens with one attached hydrogen (secondary N) is 2. The van der Waals surface area contributed by atoms with Crippen molar-refractivity contribution in [3.8, 4) is 0 Å². The number of carboxylic acid groups (broad SMARTS) is 1. The maximum Gasteiger partial charge on any atom is 0.328 e. The quantitative estimate of drug-likeness (QED) is 0.207. The van der Waals surface area contributed by atoms with Crippen LogP contribution in [0.1, 0.15) is 31.7 Å². The second-order valence-corrected chi connectivity index (χ2v) is 8.28. The van der Waals surface area contributed by atoms with Crippen LogP contribution in [0.25, 0.3) is 0 Å². The molecule has 12 heteroatoms. The number of carboxylic acids is 1. The Morgan fingerprint density at radius 1 is 1.15 bits per heavy atom.